The summed E-state index contributed by atoms with van der Waals surface area (Å²) < 4.78 is 37.0. The summed E-state index contributed by atoms with van der Waals surface area (Å²) in [5, 5.41) is 8.67. The number of rotatable bonds is 3. The molecule has 0 aliphatic carbocycles. The van der Waals surface area contributed by atoms with Gasteiger partial charge in [-0.2, -0.15) is 13.2 Å². The Balaban J connectivity index is 2.92. The number of carboxylic acids is 1. The Morgan fingerprint density at radius 3 is 2.40 bits per heavy atom. The highest BCUT2D eigenvalue weighted by molar-refractivity contribution is 8.00. The fourth-order valence-electron chi connectivity index (χ4n) is 2.01. The first-order chi connectivity index (χ1) is 9.04. The number of alkyl halides is 3. The second kappa shape index (κ2) is 6.11. The van der Waals surface area contributed by atoms with Crippen LogP contribution in [0.15, 0.2) is 0 Å². The van der Waals surface area contributed by atoms with Crippen LogP contribution in [-0.4, -0.2) is 63.8 Å². The smallest absolute Gasteiger partial charge is 0.406 e. The molecule has 0 aromatic carbocycles. The standard InChI is InChI=1S/C11H17F3N2O3S/c1-6(2)8-16(7(4-20-8)9(17)18)10(19)15(3)5-11(12,13)14/h6-8H,4-5H2,1-3H3,(H,17,18). The van der Waals surface area contributed by atoms with Gasteiger partial charge in [-0.15, -0.1) is 11.8 Å². The molecular weight excluding hydrogens is 297 g/mol. The van der Waals surface area contributed by atoms with Gasteiger partial charge in [0.15, 0.2) is 0 Å². The minimum atomic E-state index is -4.51. The molecule has 0 radical (unpaired) electrons. The first-order valence-electron chi connectivity index (χ1n) is 5.99. The van der Waals surface area contributed by atoms with Gasteiger partial charge in [-0.3, -0.25) is 4.90 Å². The molecule has 5 nitrogen and oxygen atoms in total. The van der Waals surface area contributed by atoms with E-state index in [-0.39, 0.29) is 11.7 Å². The Hall–Kier alpha value is -1.12. The summed E-state index contributed by atoms with van der Waals surface area (Å²) in [6.07, 6.45) is -4.51. The van der Waals surface area contributed by atoms with E-state index in [1.165, 1.54) is 11.8 Å². The number of carboxylic acid groups (broad SMARTS) is 1. The Morgan fingerprint density at radius 2 is 2.00 bits per heavy atom. The van der Waals surface area contributed by atoms with Crippen molar-refractivity contribution in [3.63, 3.8) is 0 Å². The minimum absolute atomic E-state index is 0.0485. The number of hydrogen-bond acceptors (Lipinski definition) is 3. The molecule has 2 amide bonds. The zero-order valence-electron chi connectivity index (χ0n) is 11.3. The van der Waals surface area contributed by atoms with Crippen LogP contribution in [0.1, 0.15) is 13.8 Å². The lowest BCUT2D eigenvalue weighted by molar-refractivity contribution is -0.143. The Morgan fingerprint density at radius 1 is 1.45 bits per heavy atom. The van der Waals surface area contributed by atoms with Gasteiger partial charge in [0.25, 0.3) is 0 Å². The summed E-state index contributed by atoms with van der Waals surface area (Å²) >= 11 is 1.28. The molecule has 1 aliphatic heterocycles. The molecule has 116 valence electrons. The average molecular weight is 314 g/mol. The van der Waals surface area contributed by atoms with Crippen LogP contribution in [0.25, 0.3) is 0 Å². The predicted molar refractivity (Wildman–Crippen MR) is 68.4 cm³/mol. The summed E-state index contributed by atoms with van der Waals surface area (Å²) in [5.74, 6) is -1.06. The van der Waals surface area contributed by atoms with E-state index in [2.05, 4.69) is 0 Å². The van der Waals surface area contributed by atoms with Gasteiger partial charge in [0, 0.05) is 12.8 Å². The van der Waals surface area contributed by atoms with Gasteiger partial charge in [-0.1, -0.05) is 13.8 Å². The van der Waals surface area contributed by atoms with Crippen LogP contribution in [0.3, 0.4) is 0 Å². The van der Waals surface area contributed by atoms with Crippen LogP contribution in [-0.2, 0) is 4.79 Å². The van der Waals surface area contributed by atoms with Crippen LogP contribution in [0.5, 0.6) is 0 Å². The largest absolute Gasteiger partial charge is 0.480 e. The van der Waals surface area contributed by atoms with Crippen molar-refractivity contribution in [2.75, 3.05) is 19.3 Å². The Labute approximate surface area is 119 Å². The summed E-state index contributed by atoms with van der Waals surface area (Å²) in [7, 11) is 1.02. The lowest BCUT2D eigenvalue weighted by atomic mass is 10.1. The quantitative estimate of drug-likeness (QED) is 0.866. The fourth-order valence-corrected chi connectivity index (χ4v) is 3.47. The minimum Gasteiger partial charge on any atom is -0.480 e. The summed E-state index contributed by atoms with van der Waals surface area (Å²) in [5.41, 5.74) is 0. The lowest BCUT2D eigenvalue weighted by Gasteiger charge is -2.33. The molecule has 2 unspecified atom stereocenters. The molecule has 0 aromatic heterocycles. The Bertz CT molecular complexity index is 390. The number of hydrogen-bond donors (Lipinski definition) is 1. The van der Waals surface area contributed by atoms with Crippen LogP contribution in [0.4, 0.5) is 18.0 Å². The second-order valence-electron chi connectivity index (χ2n) is 4.98. The molecule has 2 atom stereocenters. The van der Waals surface area contributed by atoms with Crippen molar-refractivity contribution in [1.82, 2.24) is 9.80 Å². The summed E-state index contributed by atoms with van der Waals surface area (Å²) in [6.45, 7) is 2.20. The number of carbonyl (C=O) groups is 2. The number of nitrogens with zero attached hydrogens (tertiary/aromatic N) is 2. The zero-order chi connectivity index (χ0) is 15.7. The van der Waals surface area contributed by atoms with Crippen LogP contribution in [0.2, 0.25) is 0 Å². The monoisotopic (exact) mass is 314 g/mol. The van der Waals surface area contributed by atoms with Crippen LogP contribution in [0, 0.1) is 5.92 Å². The van der Waals surface area contributed by atoms with Gasteiger partial charge < -0.3 is 10.0 Å². The number of carbonyl (C=O) groups excluding carboxylic acids is 1. The maximum Gasteiger partial charge on any atom is 0.406 e. The summed E-state index contributed by atoms with van der Waals surface area (Å²) in [4.78, 5) is 24.8. The molecule has 1 N–H and O–H groups in total. The number of thioether (sulfide) groups is 1. The molecule has 1 saturated heterocycles. The third-order valence-electron chi connectivity index (χ3n) is 2.85. The van der Waals surface area contributed by atoms with E-state index in [0.717, 1.165) is 11.9 Å². The number of urea groups is 1. The van der Waals surface area contributed by atoms with Crippen molar-refractivity contribution < 1.29 is 27.9 Å². The molecule has 0 saturated carbocycles. The van der Waals surface area contributed by atoms with E-state index in [0.29, 0.717) is 4.90 Å². The van der Waals surface area contributed by atoms with E-state index >= 15 is 0 Å². The molecule has 9 heteroatoms. The van der Waals surface area contributed by atoms with Crippen molar-refractivity contribution >= 4 is 23.8 Å². The highest BCUT2D eigenvalue weighted by atomic mass is 32.2. The SMILES string of the molecule is CC(C)C1SCC(C(=O)O)N1C(=O)N(C)CC(F)(F)F. The number of amides is 2. The second-order valence-corrected chi connectivity index (χ2v) is 6.13. The number of aliphatic carboxylic acids is 1. The van der Waals surface area contributed by atoms with Crippen LogP contribution < -0.4 is 0 Å². The van der Waals surface area contributed by atoms with Crippen molar-refractivity contribution in [2.45, 2.75) is 31.4 Å². The highest BCUT2D eigenvalue weighted by Gasteiger charge is 2.45. The molecule has 20 heavy (non-hydrogen) atoms. The van der Waals surface area contributed by atoms with E-state index in [4.69, 9.17) is 5.11 Å². The zero-order valence-corrected chi connectivity index (χ0v) is 12.2. The lowest BCUT2D eigenvalue weighted by Crippen LogP contribution is -2.53. The van der Waals surface area contributed by atoms with Gasteiger partial charge in [-0.25, -0.2) is 9.59 Å². The first-order valence-corrected chi connectivity index (χ1v) is 7.04. The van der Waals surface area contributed by atoms with Crippen molar-refractivity contribution in [2.24, 2.45) is 5.92 Å². The molecule has 0 spiro atoms. The molecule has 0 aromatic rings. The van der Waals surface area contributed by atoms with Gasteiger partial charge >= 0.3 is 18.2 Å². The summed E-state index contributed by atoms with van der Waals surface area (Å²) in [6, 6.07) is -1.99. The molecule has 1 fully saturated rings. The normalized spacial score (nSPS) is 23.2. The molecular formula is C11H17F3N2O3S. The van der Waals surface area contributed by atoms with Crippen molar-refractivity contribution in [1.29, 1.82) is 0 Å². The highest BCUT2D eigenvalue weighted by Crippen LogP contribution is 2.35. The van der Waals surface area contributed by atoms with Gasteiger partial charge in [0.1, 0.15) is 12.6 Å². The van der Waals surface area contributed by atoms with E-state index < -0.39 is 36.1 Å². The number of halogens is 3. The fraction of sp³-hybridized carbons (Fsp3) is 0.818. The first kappa shape index (κ1) is 16.9. The van der Waals surface area contributed by atoms with Gasteiger partial charge in [0.05, 0.1) is 5.37 Å². The van der Waals surface area contributed by atoms with Crippen LogP contribution >= 0.6 is 11.8 Å². The van der Waals surface area contributed by atoms with Crippen molar-refractivity contribution in [3.8, 4) is 0 Å². The Kier molecular flexibility index (Phi) is 5.17. The molecule has 1 rings (SSSR count). The maximum absolute atomic E-state index is 12.3. The van der Waals surface area contributed by atoms with E-state index in [1.807, 2.05) is 0 Å². The van der Waals surface area contributed by atoms with Gasteiger partial charge in [0.2, 0.25) is 0 Å². The molecule has 1 heterocycles. The topological polar surface area (TPSA) is 60.9 Å². The van der Waals surface area contributed by atoms with E-state index in [9.17, 15) is 22.8 Å². The van der Waals surface area contributed by atoms with E-state index in [1.54, 1.807) is 13.8 Å². The van der Waals surface area contributed by atoms with Gasteiger partial charge in [-0.05, 0) is 5.92 Å². The average Bonchev–Trinajstić information content (AvgIpc) is 2.69. The predicted octanol–water partition coefficient (Wildman–Crippen LogP) is 2.08. The maximum atomic E-state index is 12.3. The van der Waals surface area contributed by atoms with Crippen molar-refractivity contribution in [3.05, 3.63) is 0 Å². The molecule has 0 bridgehead atoms. The third kappa shape index (κ3) is 3.94. The molecule has 1 aliphatic rings. The third-order valence-corrected chi connectivity index (χ3v) is 4.48.